The van der Waals surface area contributed by atoms with E-state index in [1.54, 1.807) is 0 Å². The van der Waals surface area contributed by atoms with Crippen LogP contribution in [0.25, 0.3) is 98.8 Å². The van der Waals surface area contributed by atoms with Crippen molar-refractivity contribution in [2.75, 3.05) is 0 Å². The van der Waals surface area contributed by atoms with Crippen LogP contribution in [0.1, 0.15) is 25.0 Å². The van der Waals surface area contributed by atoms with Crippen LogP contribution in [0.3, 0.4) is 0 Å². The number of fused-ring (bicyclic) bond motifs is 10. The second kappa shape index (κ2) is 10.8. The summed E-state index contributed by atoms with van der Waals surface area (Å²) in [5, 5.41) is 9.93. The van der Waals surface area contributed by atoms with Crippen LogP contribution in [-0.4, -0.2) is 0 Å². The molecule has 0 radical (unpaired) electrons. The first-order valence-electron chi connectivity index (χ1n) is 18.2. The van der Waals surface area contributed by atoms with Crippen molar-refractivity contribution >= 4 is 54.3 Å². The van der Waals surface area contributed by atoms with E-state index >= 15 is 0 Å². The lowest BCUT2D eigenvalue weighted by molar-refractivity contribution is 0.661. The highest BCUT2D eigenvalue weighted by molar-refractivity contribution is 6.23. The first-order valence-corrected chi connectivity index (χ1v) is 18.2. The largest absolute Gasteiger partial charge is 0.455 e. The van der Waals surface area contributed by atoms with E-state index in [0.29, 0.717) is 0 Å². The van der Waals surface area contributed by atoms with Crippen molar-refractivity contribution in [1.82, 2.24) is 0 Å². The van der Waals surface area contributed by atoms with Gasteiger partial charge in [-0.3, -0.25) is 0 Å². The van der Waals surface area contributed by atoms with Gasteiger partial charge in [-0.25, -0.2) is 0 Å². The Hall–Kier alpha value is -6.44. The minimum Gasteiger partial charge on any atom is -0.455 e. The molecule has 10 aromatic rings. The highest BCUT2D eigenvalue weighted by Crippen LogP contribution is 2.56. The van der Waals surface area contributed by atoms with E-state index in [1.807, 2.05) is 6.07 Å². The lowest BCUT2D eigenvalue weighted by atomic mass is 9.80. The van der Waals surface area contributed by atoms with Gasteiger partial charge in [-0.2, -0.15) is 0 Å². The molecule has 1 nitrogen and oxygen atoms in total. The van der Waals surface area contributed by atoms with Gasteiger partial charge in [0.1, 0.15) is 11.2 Å². The van der Waals surface area contributed by atoms with Gasteiger partial charge >= 0.3 is 0 Å². The molecule has 0 saturated carbocycles. The summed E-state index contributed by atoms with van der Waals surface area (Å²) in [7, 11) is 0. The Balaban J connectivity index is 1.19. The Morgan fingerprint density at radius 2 is 0.923 bits per heavy atom. The third kappa shape index (κ3) is 3.99. The minimum atomic E-state index is -0.112. The molecule has 244 valence electrons. The van der Waals surface area contributed by atoms with E-state index in [4.69, 9.17) is 4.42 Å². The molecule has 0 unspecified atom stereocenters. The molecule has 0 aliphatic heterocycles. The SMILES string of the molecule is CC1(C)c2cccc(-c3c4ccccc4c(-c4cccc(-c5cccc6c5oc5ccccc56)c4)c4ccccc34)c2-c2c1ccc1ccccc21. The smallest absolute Gasteiger partial charge is 0.143 e. The number of benzene rings is 9. The highest BCUT2D eigenvalue weighted by Gasteiger charge is 2.38. The van der Waals surface area contributed by atoms with E-state index in [1.165, 1.54) is 76.8 Å². The fraction of sp³-hybridized carbons (Fsp3) is 0.0588. The van der Waals surface area contributed by atoms with Crippen LogP contribution >= 0.6 is 0 Å². The summed E-state index contributed by atoms with van der Waals surface area (Å²) in [6.07, 6.45) is 0. The fourth-order valence-electron chi connectivity index (χ4n) is 9.30. The van der Waals surface area contributed by atoms with Crippen LogP contribution in [0.4, 0.5) is 0 Å². The maximum Gasteiger partial charge on any atom is 0.143 e. The van der Waals surface area contributed by atoms with Crippen molar-refractivity contribution in [3.8, 4) is 44.5 Å². The molecule has 0 fully saturated rings. The van der Waals surface area contributed by atoms with Crippen LogP contribution < -0.4 is 0 Å². The summed E-state index contributed by atoms with van der Waals surface area (Å²) < 4.78 is 6.49. The van der Waals surface area contributed by atoms with Gasteiger partial charge in [0.25, 0.3) is 0 Å². The lowest BCUT2D eigenvalue weighted by Crippen LogP contribution is -2.14. The van der Waals surface area contributed by atoms with Crippen molar-refractivity contribution in [3.05, 3.63) is 181 Å². The maximum atomic E-state index is 6.49. The quantitative estimate of drug-likeness (QED) is 0.172. The zero-order chi connectivity index (χ0) is 34.6. The second-order valence-corrected chi connectivity index (χ2v) is 14.8. The topological polar surface area (TPSA) is 13.1 Å². The molecule has 1 aromatic heterocycles. The minimum absolute atomic E-state index is 0.112. The van der Waals surface area contributed by atoms with Crippen molar-refractivity contribution < 1.29 is 4.42 Å². The van der Waals surface area contributed by atoms with Crippen LogP contribution in [-0.2, 0) is 5.41 Å². The molecule has 11 rings (SSSR count). The van der Waals surface area contributed by atoms with Crippen molar-refractivity contribution in [1.29, 1.82) is 0 Å². The van der Waals surface area contributed by atoms with Crippen molar-refractivity contribution in [2.24, 2.45) is 0 Å². The van der Waals surface area contributed by atoms with Gasteiger partial charge in [-0.05, 0) is 94.5 Å². The predicted molar refractivity (Wildman–Crippen MR) is 220 cm³/mol. The second-order valence-electron chi connectivity index (χ2n) is 14.8. The van der Waals surface area contributed by atoms with Crippen LogP contribution in [0.2, 0.25) is 0 Å². The summed E-state index contributed by atoms with van der Waals surface area (Å²) in [5.74, 6) is 0. The summed E-state index contributed by atoms with van der Waals surface area (Å²) in [6.45, 7) is 4.77. The van der Waals surface area contributed by atoms with Gasteiger partial charge in [0, 0.05) is 21.8 Å². The normalized spacial score (nSPS) is 13.3. The summed E-state index contributed by atoms with van der Waals surface area (Å²) in [4.78, 5) is 0. The summed E-state index contributed by atoms with van der Waals surface area (Å²) in [5.41, 5.74) is 14.6. The molecular weight excluding hydrogens is 629 g/mol. The van der Waals surface area contributed by atoms with Gasteiger partial charge in [0.05, 0.1) is 0 Å². The van der Waals surface area contributed by atoms with Gasteiger partial charge in [0.2, 0.25) is 0 Å². The van der Waals surface area contributed by atoms with E-state index in [2.05, 4.69) is 178 Å². The maximum absolute atomic E-state index is 6.49. The van der Waals surface area contributed by atoms with E-state index < -0.39 is 0 Å². The first-order chi connectivity index (χ1) is 25.6. The zero-order valence-corrected chi connectivity index (χ0v) is 29.1. The molecule has 1 aliphatic carbocycles. The lowest BCUT2D eigenvalue weighted by Gasteiger charge is -2.22. The Morgan fingerprint density at radius 1 is 0.365 bits per heavy atom. The number of hydrogen-bond acceptors (Lipinski definition) is 1. The van der Waals surface area contributed by atoms with Crippen molar-refractivity contribution in [3.63, 3.8) is 0 Å². The molecule has 1 heterocycles. The Bertz CT molecular complexity index is 3040. The third-order valence-electron chi connectivity index (χ3n) is 11.7. The first kappa shape index (κ1) is 29.3. The average Bonchev–Trinajstić information content (AvgIpc) is 3.69. The van der Waals surface area contributed by atoms with Gasteiger partial charge < -0.3 is 4.42 Å². The van der Waals surface area contributed by atoms with E-state index in [-0.39, 0.29) is 5.41 Å². The van der Waals surface area contributed by atoms with E-state index in [0.717, 1.165) is 33.1 Å². The average molecular weight is 663 g/mol. The molecule has 0 N–H and O–H groups in total. The molecular formula is C51H34O. The fourth-order valence-corrected chi connectivity index (χ4v) is 9.30. The molecule has 52 heavy (non-hydrogen) atoms. The van der Waals surface area contributed by atoms with Gasteiger partial charge in [-0.15, -0.1) is 0 Å². The molecule has 0 spiro atoms. The number of furan rings is 1. The standard InChI is InChI=1S/C51H34O/c1-51(2)43-26-13-25-42(49(43)48-34-17-4-3-14-31(34)28-29-44(48)51)47-39-21-7-5-19-37(39)46(38-20-6-8-22-40(38)47)33-16-11-15-32(30-33)35-23-12-24-41-36-18-9-10-27-45(36)52-50(35)41/h3-30H,1-2H3. The van der Waals surface area contributed by atoms with Crippen LogP contribution in [0, 0.1) is 0 Å². The molecule has 0 atom stereocenters. The number of rotatable bonds is 3. The number of hydrogen-bond donors (Lipinski definition) is 0. The van der Waals surface area contributed by atoms with Crippen molar-refractivity contribution in [2.45, 2.75) is 19.3 Å². The van der Waals surface area contributed by atoms with E-state index in [9.17, 15) is 0 Å². The molecule has 0 saturated heterocycles. The molecule has 1 aliphatic rings. The summed E-state index contributed by atoms with van der Waals surface area (Å²) in [6, 6.07) is 62.3. The Labute approximate surface area is 302 Å². The zero-order valence-electron chi connectivity index (χ0n) is 29.1. The molecule has 1 heteroatoms. The van der Waals surface area contributed by atoms with Crippen LogP contribution in [0.15, 0.2) is 174 Å². The molecule has 0 amide bonds. The molecule has 9 aromatic carbocycles. The van der Waals surface area contributed by atoms with Gasteiger partial charge in [-0.1, -0.05) is 172 Å². The number of para-hydroxylation sites is 2. The van der Waals surface area contributed by atoms with Crippen LogP contribution in [0.5, 0.6) is 0 Å². The third-order valence-corrected chi connectivity index (χ3v) is 11.7. The Kier molecular flexibility index (Phi) is 6.08. The summed E-state index contributed by atoms with van der Waals surface area (Å²) >= 11 is 0. The monoisotopic (exact) mass is 662 g/mol. The highest BCUT2D eigenvalue weighted by atomic mass is 16.3. The predicted octanol–water partition coefficient (Wildman–Crippen LogP) is 14.4. The molecule has 0 bridgehead atoms. The Morgan fingerprint density at radius 3 is 1.69 bits per heavy atom. The van der Waals surface area contributed by atoms with Gasteiger partial charge in [0.15, 0.2) is 0 Å².